The van der Waals surface area contributed by atoms with Gasteiger partial charge in [0, 0.05) is 4.90 Å². The van der Waals surface area contributed by atoms with Crippen LogP contribution in [0.25, 0.3) is 0 Å². The van der Waals surface area contributed by atoms with Crippen LogP contribution in [0.5, 0.6) is 5.75 Å². The molecule has 0 heterocycles. The highest BCUT2D eigenvalue weighted by atomic mass is 32.2. The lowest BCUT2D eigenvalue weighted by molar-refractivity contribution is -0.253. The molecule has 0 saturated heterocycles. The Bertz CT molecular complexity index is 419. The average molecular weight is 340 g/mol. The number of halogens is 7. The first-order valence-electron chi connectivity index (χ1n) is 4.89. The number of thioether (sulfide) groups is 2. The van der Waals surface area contributed by atoms with E-state index in [1.165, 1.54) is 12.1 Å². The van der Waals surface area contributed by atoms with Crippen LogP contribution in [0.3, 0.4) is 0 Å². The van der Waals surface area contributed by atoms with Gasteiger partial charge in [-0.15, -0.1) is 11.8 Å². The third kappa shape index (κ3) is 6.12. The quantitative estimate of drug-likeness (QED) is 0.399. The second-order valence-corrected chi connectivity index (χ2v) is 5.74. The molecule has 0 aliphatic heterocycles. The van der Waals surface area contributed by atoms with Gasteiger partial charge in [-0.2, -0.15) is 30.7 Å². The molecular formula is C10H7F7OS2. The molecule has 20 heavy (non-hydrogen) atoms. The van der Waals surface area contributed by atoms with Gasteiger partial charge in [-0.1, -0.05) is 0 Å². The van der Waals surface area contributed by atoms with Gasteiger partial charge < -0.3 is 4.74 Å². The molecular weight excluding hydrogens is 333 g/mol. The molecule has 0 aromatic heterocycles. The molecule has 0 fully saturated rings. The maximum absolute atomic E-state index is 12.6. The molecule has 114 valence electrons. The summed E-state index contributed by atoms with van der Waals surface area (Å²) in [5.41, 5.74) is -4.35. The van der Waals surface area contributed by atoms with Crippen molar-refractivity contribution in [3.05, 3.63) is 24.3 Å². The Morgan fingerprint density at radius 3 is 2.00 bits per heavy atom. The highest BCUT2D eigenvalue weighted by molar-refractivity contribution is 8.16. The van der Waals surface area contributed by atoms with E-state index in [1.807, 2.05) is 0 Å². The average Bonchev–Trinajstić information content (AvgIpc) is 2.29. The van der Waals surface area contributed by atoms with Crippen LogP contribution in [0.2, 0.25) is 0 Å². The van der Waals surface area contributed by atoms with Crippen LogP contribution in [0.4, 0.5) is 30.7 Å². The first-order valence-corrected chi connectivity index (χ1v) is 6.86. The van der Waals surface area contributed by atoms with Gasteiger partial charge in [0.15, 0.2) is 0 Å². The summed E-state index contributed by atoms with van der Waals surface area (Å²) in [5.74, 6) is -0.497. The van der Waals surface area contributed by atoms with Gasteiger partial charge in [0.25, 0.3) is 0 Å². The second kappa shape index (κ2) is 6.79. The van der Waals surface area contributed by atoms with Crippen molar-refractivity contribution in [1.82, 2.24) is 0 Å². The fraction of sp³-hybridized carbons (Fsp3) is 0.400. The second-order valence-electron chi connectivity index (χ2n) is 3.29. The number of hydrogen-bond acceptors (Lipinski definition) is 3. The molecule has 0 radical (unpaired) electrons. The zero-order valence-electron chi connectivity index (χ0n) is 9.46. The fourth-order valence-electron chi connectivity index (χ4n) is 0.970. The van der Waals surface area contributed by atoms with E-state index in [2.05, 4.69) is 4.74 Å². The first kappa shape index (κ1) is 17.3. The summed E-state index contributed by atoms with van der Waals surface area (Å²) in [5, 5.41) is -0.309. The molecule has 0 aliphatic carbocycles. The van der Waals surface area contributed by atoms with Gasteiger partial charge >= 0.3 is 18.0 Å². The van der Waals surface area contributed by atoms with E-state index in [0.29, 0.717) is 4.90 Å². The molecule has 1 nitrogen and oxygen atoms in total. The van der Waals surface area contributed by atoms with Crippen LogP contribution in [-0.4, -0.2) is 23.1 Å². The highest BCUT2D eigenvalue weighted by Crippen LogP contribution is 2.35. The minimum absolute atomic E-state index is 0.241. The van der Waals surface area contributed by atoms with Crippen molar-refractivity contribution in [3.8, 4) is 5.75 Å². The van der Waals surface area contributed by atoms with E-state index >= 15 is 0 Å². The third-order valence-corrected chi connectivity index (χ3v) is 3.66. The monoisotopic (exact) mass is 340 g/mol. The number of benzene rings is 1. The molecule has 0 aliphatic rings. The Labute approximate surface area is 117 Å². The fourth-order valence-corrected chi connectivity index (χ4v) is 2.61. The van der Waals surface area contributed by atoms with Gasteiger partial charge in [-0.25, -0.2) is 0 Å². The summed E-state index contributed by atoms with van der Waals surface area (Å²) in [4.78, 5) is 0.370. The molecule has 0 unspecified atom stereocenters. The van der Waals surface area contributed by atoms with Gasteiger partial charge in [-0.3, -0.25) is 0 Å². The molecule has 0 bridgehead atoms. The SMILES string of the molecule is FC(F)C(F)(F)Oc1ccc(SCSC(F)(F)F)cc1. The van der Waals surface area contributed by atoms with Crippen molar-refractivity contribution in [3.63, 3.8) is 0 Å². The Morgan fingerprint density at radius 2 is 1.55 bits per heavy atom. The number of rotatable bonds is 6. The lowest BCUT2D eigenvalue weighted by atomic mass is 10.3. The first-order chi connectivity index (χ1) is 9.10. The summed E-state index contributed by atoms with van der Waals surface area (Å²) in [7, 11) is 0. The molecule has 1 aromatic carbocycles. The van der Waals surface area contributed by atoms with Crippen LogP contribution in [0.15, 0.2) is 29.2 Å². The van der Waals surface area contributed by atoms with E-state index in [0.717, 1.165) is 23.9 Å². The Hall–Kier alpha value is -0.770. The normalized spacial score (nSPS) is 12.8. The minimum Gasteiger partial charge on any atom is -0.428 e. The maximum atomic E-state index is 12.6. The number of hydrogen-bond donors (Lipinski definition) is 0. The summed E-state index contributed by atoms with van der Waals surface area (Å²) >= 11 is 0.591. The van der Waals surface area contributed by atoms with E-state index in [-0.39, 0.29) is 16.8 Å². The summed E-state index contributed by atoms with van der Waals surface area (Å²) in [6.07, 6.45) is -8.58. The van der Waals surface area contributed by atoms with Gasteiger partial charge in [0.05, 0.1) is 5.08 Å². The lowest BCUT2D eigenvalue weighted by Crippen LogP contribution is -2.33. The summed E-state index contributed by atoms with van der Waals surface area (Å²) in [6.45, 7) is 0. The number of ether oxygens (including phenoxy) is 1. The zero-order valence-corrected chi connectivity index (χ0v) is 11.1. The lowest BCUT2D eigenvalue weighted by Gasteiger charge is -2.16. The molecule has 0 saturated carbocycles. The van der Waals surface area contributed by atoms with E-state index in [4.69, 9.17) is 0 Å². The smallest absolute Gasteiger partial charge is 0.428 e. The Morgan fingerprint density at radius 1 is 1.00 bits per heavy atom. The van der Waals surface area contributed by atoms with Crippen molar-refractivity contribution in [1.29, 1.82) is 0 Å². The maximum Gasteiger partial charge on any atom is 0.461 e. The van der Waals surface area contributed by atoms with E-state index < -0.39 is 23.8 Å². The topological polar surface area (TPSA) is 9.23 Å². The van der Waals surface area contributed by atoms with Gasteiger partial charge in [0.1, 0.15) is 5.75 Å². The Balaban J connectivity index is 2.52. The van der Waals surface area contributed by atoms with Crippen LogP contribution in [-0.2, 0) is 0 Å². The van der Waals surface area contributed by atoms with Gasteiger partial charge in [-0.05, 0) is 36.0 Å². The van der Waals surface area contributed by atoms with Crippen LogP contribution >= 0.6 is 23.5 Å². The Kier molecular flexibility index (Phi) is 5.87. The molecule has 1 aromatic rings. The standard InChI is InChI=1S/C10H7F7OS2/c11-8(12)9(13,14)18-6-1-3-7(4-2-6)19-5-20-10(15,16)17/h1-4,8H,5H2. The predicted octanol–water partition coefficient (Wildman–Crippen LogP) is 5.23. The van der Waals surface area contributed by atoms with Crippen LogP contribution in [0.1, 0.15) is 0 Å². The van der Waals surface area contributed by atoms with Crippen molar-refractivity contribution in [2.24, 2.45) is 0 Å². The highest BCUT2D eigenvalue weighted by Gasteiger charge is 2.43. The van der Waals surface area contributed by atoms with Crippen molar-refractivity contribution in [2.45, 2.75) is 22.9 Å². The van der Waals surface area contributed by atoms with Gasteiger partial charge in [0.2, 0.25) is 0 Å². The van der Waals surface area contributed by atoms with Crippen LogP contribution < -0.4 is 4.74 Å². The summed E-state index contributed by atoms with van der Waals surface area (Å²) in [6, 6.07) is 4.38. The van der Waals surface area contributed by atoms with E-state index in [9.17, 15) is 30.7 Å². The minimum atomic E-state index is -4.61. The number of alkyl halides is 7. The molecule has 10 heteroatoms. The molecule has 1 rings (SSSR count). The molecule has 0 N–H and O–H groups in total. The molecule has 0 amide bonds. The third-order valence-electron chi connectivity index (χ3n) is 1.78. The molecule has 0 atom stereocenters. The van der Waals surface area contributed by atoms with Crippen molar-refractivity contribution < 1.29 is 35.5 Å². The van der Waals surface area contributed by atoms with Crippen LogP contribution in [0, 0.1) is 0 Å². The van der Waals surface area contributed by atoms with E-state index in [1.54, 1.807) is 0 Å². The van der Waals surface area contributed by atoms with Crippen molar-refractivity contribution >= 4 is 23.5 Å². The largest absolute Gasteiger partial charge is 0.461 e. The predicted molar refractivity (Wildman–Crippen MR) is 62.4 cm³/mol. The van der Waals surface area contributed by atoms with Crippen molar-refractivity contribution in [2.75, 3.05) is 5.08 Å². The molecule has 0 spiro atoms. The zero-order chi connectivity index (χ0) is 15.4. The summed E-state index contributed by atoms with van der Waals surface area (Å²) < 4.78 is 88.2.